The molecule has 0 aromatic heterocycles. The molecule has 5 nitrogen and oxygen atoms in total. The van der Waals surface area contributed by atoms with Gasteiger partial charge in [-0.25, -0.2) is 13.1 Å². The lowest BCUT2D eigenvalue weighted by molar-refractivity contribution is 0.0200. The van der Waals surface area contributed by atoms with E-state index in [2.05, 4.69) is 4.72 Å². The zero-order valence-electron chi connectivity index (χ0n) is 10.4. The molecule has 1 aliphatic rings. The molecule has 1 saturated heterocycles. The predicted molar refractivity (Wildman–Crippen MR) is 74.6 cm³/mol. The summed E-state index contributed by atoms with van der Waals surface area (Å²) in [6.45, 7) is 0.943. The largest absolute Gasteiger partial charge is 0.399 e. The number of nitrogens with two attached hydrogens (primary N) is 1. The molecule has 0 radical (unpaired) electrons. The molecule has 1 aromatic carbocycles. The Bertz CT molecular complexity index is 542. The van der Waals surface area contributed by atoms with E-state index in [1.807, 2.05) is 0 Å². The number of hydrogen-bond acceptors (Lipinski definition) is 4. The van der Waals surface area contributed by atoms with Gasteiger partial charge in [0.1, 0.15) is 4.90 Å². The molecule has 1 aromatic rings. The zero-order chi connectivity index (χ0) is 13.9. The van der Waals surface area contributed by atoms with Crippen molar-refractivity contribution in [2.75, 3.05) is 18.9 Å². The van der Waals surface area contributed by atoms with Crippen molar-refractivity contribution in [2.45, 2.75) is 30.3 Å². The molecule has 1 aliphatic heterocycles. The second-order valence-corrected chi connectivity index (χ2v) is 6.67. The van der Waals surface area contributed by atoms with Crippen LogP contribution in [0.5, 0.6) is 0 Å². The van der Waals surface area contributed by atoms with Gasteiger partial charge in [0.15, 0.2) is 0 Å². The first-order chi connectivity index (χ1) is 8.99. The highest BCUT2D eigenvalue weighted by molar-refractivity contribution is 7.89. The Morgan fingerprint density at radius 2 is 2.21 bits per heavy atom. The van der Waals surface area contributed by atoms with E-state index in [1.165, 1.54) is 12.1 Å². The summed E-state index contributed by atoms with van der Waals surface area (Å²) in [5, 5.41) is 0.159. The van der Waals surface area contributed by atoms with Crippen LogP contribution >= 0.6 is 11.6 Å². The molecule has 0 amide bonds. The molecule has 3 N–H and O–H groups in total. The quantitative estimate of drug-likeness (QED) is 0.831. The SMILES string of the molecule is Nc1ccc(Cl)c(S(=O)(=O)NCC2CCCCO2)c1. The van der Waals surface area contributed by atoms with Crippen LogP contribution in [0.1, 0.15) is 19.3 Å². The van der Waals surface area contributed by atoms with Crippen LogP contribution in [-0.4, -0.2) is 27.7 Å². The Morgan fingerprint density at radius 3 is 2.89 bits per heavy atom. The van der Waals surface area contributed by atoms with Gasteiger partial charge in [0, 0.05) is 18.8 Å². The summed E-state index contributed by atoms with van der Waals surface area (Å²) >= 11 is 5.90. The average molecular weight is 305 g/mol. The lowest BCUT2D eigenvalue weighted by atomic mass is 10.1. The number of nitrogens with one attached hydrogen (secondary N) is 1. The summed E-state index contributed by atoms with van der Waals surface area (Å²) < 4.78 is 32.3. The van der Waals surface area contributed by atoms with Gasteiger partial charge in [-0.15, -0.1) is 0 Å². The lowest BCUT2D eigenvalue weighted by Gasteiger charge is -2.22. The van der Waals surface area contributed by atoms with Crippen LogP contribution in [0.2, 0.25) is 5.02 Å². The Hall–Kier alpha value is -0.820. The molecule has 1 atom stereocenters. The van der Waals surface area contributed by atoms with Gasteiger partial charge >= 0.3 is 0 Å². The maximum absolute atomic E-state index is 12.1. The molecule has 0 saturated carbocycles. The van der Waals surface area contributed by atoms with Gasteiger partial charge in [0.2, 0.25) is 10.0 Å². The van der Waals surface area contributed by atoms with E-state index in [0.717, 1.165) is 19.3 Å². The van der Waals surface area contributed by atoms with Gasteiger partial charge in [-0.05, 0) is 37.5 Å². The number of benzene rings is 1. The minimum Gasteiger partial charge on any atom is -0.399 e. The monoisotopic (exact) mass is 304 g/mol. The van der Waals surface area contributed by atoms with Crippen molar-refractivity contribution in [3.8, 4) is 0 Å². The average Bonchev–Trinajstić information content (AvgIpc) is 2.40. The Labute approximate surface area is 118 Å². The molecular weight excluding hydrogens is 288 g/mol. The van der Waals surface area contributed by atoms with Crippen molar-refractivity contribution in [3.05, 3.63) is 23.2 Å². The van der Waals surface area contributed by atoms with E-state index >= 15 is 0 Å². The van der Waals surface area contributed by atoms with Crippen molar-refractivity contribution in [2.24, 2.45) is 0 Å². The summed E-state index contributed by atoms with van der Waals surface area (Å²) in [4.78, 5) is 0.00461. The number of ether oxygens (including phenoxy) is 1. The first-order valence-electron chi connectivity index (χ1n) is 6.15. The molecule has 1 fully saturated rings. The molecule has 0 bridgehead atoms. The van der Waals surface area contributed by atoms with E-state index in [-0.39, 0.29) is 22.6 Å². The van der Waals surface area contributed by atoms with E-state index in [4.69, 9.17) is 22.1 Å². The number of hydrogen-bond donors (Lipinski definition) is 2. The van der Waals surface area contributed by atoms with Crippen molar-refractivity contribution < 1.29 is 13.2 Å². The van der Waals surface area contributed by atoms with E-state index in [0.29, 0.717) is 12.3 Å². The van der Waals surface area contributed by atoms with Gasteiger partial charge < -0.3 is 10.5 Å². The lowest BCUT2D eigenvalue weighted by Crippen LogP contribution is -2.35. The Kier molecular flexibility index (Phi) is 4.67. The summed E-state index contributed by atoms with van der Waals surface area (Å²) in [6.07, 6.45) is 2.89. The van der Waals surface area contributed by atoms with Gasteiger partial charge in [-0.1, -0.05) is 11.6 Å². The van der Waals surface area contributed by atoms with Crippen molar-refractivity contribution in [3.63, 3.8) is 0 Å². The predicted octanol–water partition coefficient (Wildman–Crippen LogP) is 1.77. The van der Waals surface area contributed by atoms with Crippen LogP contribution in [0.4, 0.5) is 5.69 Å². The molecule has 0 aliphatic carbocycles. The number of rotatable bonds is 4. The second kappa shape index (κ2) is 6.09. The smallest absolute Gasteiger partial charge is 0.242 e. The fourth-order valence-electron chi connectivity index (χ4n) is 1.97. The summed E-state index contributed by atoms with van der Waals surface area (Å²) in [5.41, 5.74) is 5.95. The topological polar surface area (TPSA) is 81.4 Å². The summed E-state index contributed by atoms with van der Waals surface area (Å²) in [5.74, 6) is 0. The summed E-state index contributed by atoms with van der Waals surface area (Å²) in [6, 6.07) is 4.39. The number of halogens is 1. The van der Waals surface area contributed by atoms with E-state index in [1.54, 1.807) is 6.07 Å². The van der Waals surface area contributed by atoms with Gasteiger partial charge in [0.05, 0.1) is 11.1 Å². The Morgan fingerprint density at radius 1 is 1.42 bits per heavy atom. The molecule has 106 valence electrons. The fourth-order valence-corrected chi connectivity index (χ4v) is 3.57. The van der Waals surface area contributed by atoms with Crippen LogP contribution in [0, 0.1) is 0 Å². The molecule has 0 spiro atoms. The third-order valence-corrected chi connectivity index (χ3v) is 4.92. The van der Waals surface area contributed by atoms with Crippen LogP contribution in [0.3, 0.4) is 0 Å². The minimum absolute atomic E-state index is 0.00461. The molecule has 7 heteroatoms. The maximum Gasteiger partial charge on any atom is 0.242 e. The van der Waals surface area contributed by atoms with Crippen molar-refractivity contribution >= 4 is 27.3 Å². The highest BCUT2D eigenvalue weighted by Gasteiger charge is 2.21. The Balaban J connectivity index is 2.07. The van der Waals surface area contributed by atoms with E-state index in [9.17, 15) is 8.42 Å². The second-order valence-electron chi connectivity index (χ2n) is 4.53. The third kappa shape index (κ3) is 3.82. The van der Waals surface area contributed by atoms with Gasteiger partial charge in [-0.2, -0.15) is 0 Å². The molecule has 19 heavy (non-hydrogen) atoms. The minimum atomic E-state index is -3.65. The van der Waals surface area contributed by atoms with Crippen LogP contribution in [0.15, 0.2) is 23.1 Å². The summed E-state index contributed by atoms with van der Waals surface area (Å²) in [7, 11) is -3.65. The number of nitrogen functional groups attached to an aromatic ring is 1. The van der Waals surface area contributed by atoms with Crippen LogP contribution in [0.25, 0.3) is 0 Å². The van der Waals surface area contributed by atoms with Crippen LogP contribution < -0.4 is 10.5 Å². The molecule has 1 unspecified atom stereocenters. The van der Waals surface area contributed by atoms with Crippen LogP contribution in [-0.2, 0) is 14.8 Å². The fraction of sp³-hybridized carbons (Fsp3) is 0.500. The first-order valence-corrected chi connectivity index (χ1v) is 8.01. The zero-order valence-corrected chi connectivity index (χ0v) is 12.0. The first kappa shape index (κ1) is 14.6. The van der Waals surface area contributed by atoms with Crippen molar-refractivity contribution in [1.82, 2.24) is 4.72 Å². The highest BCUT2D eigenvalue weighted by Crippen LogP contribution is 2.23. The highest BCUT2D eigenvalue weighted by atomic mass is 35.5. The molecular formula is C12H17ClN2O3S. The van der Waals surface area contributed by atoms with Gasteiger partial charge in [0.25, 0.3) is 0 Å². The third-order valence-electron chi connectivity index (χ3n) is 3.02. The van der Waals surface area contributed by atoms with E-state index < -0.39 is 10.0 Å². The van der Waals surface area contributed by atoms with Gasteiger partial charge in [-0.3, -0.25) is 0 Å². The number of anilines is 1. The normalized spacial score (nSPS) is 20.4. The molecule has 1 heterocycles. The standard InChI is InChI=1S/C12H17ClN2O3S/c13-11-5-4-9(14)7-12(11)19(16,17)15-8-10-3-1-2-6-18-10/h4-5,7,10,15H,1-3,6,8,14H2. The maximum atomic E-state index is 12.1. The number of sulfonamides is 1. The van der Waals surface area contributed by atoms with Crippen molar-refractivity contribution in [1.29, 1.82) is 0 Å². The molecule has 2 rings (SSSR count).